The molecule has 0 aromatic heterocycles. The maximum atomic E-state index is 13.0. The van der Waals surface area contributed by atoms with Gasteiger partial charge in [-0.25, -0.2) is 8.78 Å². The molecule has 1 aromatic rings. The molecule has 1 atom stereocenters. The Balaban J connectivity index is 1.66. The highest BCUT2D eigenvalue weighted by atomic mass is 19.2. The summed E-state index contributed by atoms with van der Waals surface area (Å²) in [5.41, 5.74) is 0.800. The van der Waals surface area contributed by atoms with Gasteiger partial charge in [0.05, 0.1) is 13.2 Å². The second-order valence-electron chi connectivity index (χ2n) is 4.43. The molecule has 2 N–H and O–H groups in total. The van der Waals surface area contributed by atoms with Crippen molar-refractivity contribution in [3.8, 4) is 0 Å². The highest BCUT2D eigenvalue weighted by Crippen LogP contribution is 2.08. The van der Waals surface area contributed by atoms with Crippen molar-refractivity contribution in [3.05, 3.63) is 35.4 Å². The van der Waals surface area contributed by atoms with Crippen LogP contribution in [-0.2, 0) is 11.2 Å². The number of morpholine rings is 1. The van der Waals surface area contributed by atoms with E-state index in [0.717, 1.165) is 38.4 Å². The Morgan fingerprint density at radius 1 is 1.33 bits per heavy atom. The van der Waals surface area contributed by atoms with E-state index in [4.69, 9.17) is 4.74 Å². The number of ether oxygens (including phenoxy) is 1. The van der Waals surface area contributed by atoms with E-state index in [1.807, 2.05) is 0 Å². The third-order valence-corrected chi connectivity index (χ3v) is 2.96. The van der Waals surface area contributed by atoms with Crippen LogP contribution >= 0.6 is 0 Å². The van der Waals surface area contributed by atoms with Crippen molar-refractivity contribution in [2.75, 3.05) is 32.8 Å². The van der Waals surface area contributed by atoms with E-state index < -0.39 is 11.6 Å². The van der Waals surface area contributed by atoms with E-state index in [9.17, 15) is 8.78 Å². The molecule has 1 unspecified atom stereocenters. The van der Waals surface area contributed by atoms with Gasteiger partial charge in [-0.1, -0.05) is 6.07 Å². The topological polar surface area (TPSA) is 33.3 Å². The fraction of sp³-hybridized carbons (Fsp3) is 0.538. The van der Waals surface area contributed by atoms with Gasteiger partial charge in [-0.05, 0) is 30.7 Å². The predicted octanol–water partition coefficient (Wildman–Crippen LogP) is 1.09. The lowest BCUT2D eigenvalue weighted by Gasteiger charge is -2.24. The van der Waals surface area contributed by atoms with Crippen LogP contribution in [0.25, 0.3) is 0 Å². The standard InChI is InChI=1S/C13H18F2N2O/c14-12-2-1-10(7-13(12)15)3-4-16-8-11-9-18-6-5-17-11/h1-2,7,11,16-17H,3-6,8-9H2. The lowest BCUT2D eigenvalue weighted by atomic mass is 10.1. The van der Waals surface area contributed by atoms with Crippen LogP contribution in [0.4, 0.5) is 8.78 Å². The Bertz CT molecular complexity index is 381. The van der Waals surface area contributed by atoms with Crippen molar-refractivity contribution < 1.29 is 13.5 Å². The minimum Gasteiger partial charge on any atom is -0.378 e. The minimum atomic E-state index is -0.796. The van der Waals surface area contributed by atoms with Gasteiger partial charge in [0, 0.05) is 19.1 Å². The molecule has 1 saturated heterocycles. The van der Waals surface area contributed by atoms with Gasteiger partial charge in [-0.2, -0.15) is 0 Å². The van der Waals surface area contributed by atoms with Gasteiger partial charge in [0.25, 0.3) is 0 Å². The molecule has 5 heteroatoms. The van der Waals surface area contributed by atoms with E-state index in [1.54, 1.807) is 6.07 Å². The normalized spacial score (nSPS) is 20.0. The van der Waals surface area contributed by atoms with Gasteiger partial charge in [0.1, 0.15) is 0 Å². The summed E-state index contributed by atoms with van der Waals surface area (Å²) in [5.74, 6) is -1.58. The van der Waals surface area contributed by atoms with Crippen molar-refractivity contribution in [2.24, 2.45) is 0 Å². The van der Waals surface area contributed by atoms with Gasteiger partial charge in [-0.15, -0.1) is 0 Å². The summed E-state index contributed by atoms with van der Waals surface area (Å²) in [6, 6.07) is 4.37. The quantitative estimate of drug-likeness (QED) is 0.774. The summed E-state index contributed by atoms with van der Waals surface area (Å²) >= 11 is 0. The fourth-order valence-electron chi connectivity index (χ4n) is 1.95. The summed E-state index contributed by atoms with van der Waals surface area (Å²) < 4.78 is 31.0. The zero-order valence-corrected chi connectivity index (χ0v) is 10.2. The van der Waals surface area contributed by atoms with E-state index in [0.29, 0.717) is 12.5 Å². The molecule has 1 aliphatic heterocycles. The SMILES string of the molecule is Fc1ccc(CCNCC2COCCN2)cc1F. The molecule has 0 aliphatic carbocycles. The number of hydrogen-bond acceptors (Lipinski definition) is 3. The largest absolute Gasteiger partial charge is 0.378 e. The van der Waals surface area contributed by atoms with Crippen LogP contribution < -0.4 is 10.6 Å². The number of hydrogen-bond donors (Lipinski definition) is 2. The number of halogens is 2. The smallest absolute Gasteiger partial charge is 0.159 e. The van der Waals surface area contributed by atoms with Crippen molar-refractivity contribution in [1.82, 2.24) is 10.6 Å². The average molecular weight is 256 g/mol. The van der Waals surface area contributed by atoms with Crippen molar-refractivity contribution >= 4 is 0 Å². The van der Waals surface area contributed by atoms with Gasteiger partial charge in [0.15, 0.2) is 11.6 Å². The summed E-state index contributed by atoms with van der Waals surface area (Å²) in [6.45, 7) is 3.94. The summed E-state index contributed by atoms with van der Waals surface area (Å²) in [6.07, 6.45) is 0.685. The predicted molar refractivity (Wildman–Crippen MR) is 65.5 cm³/mol. The lowest BCUT2D eigenvalue weighted by Crippen LogP contribution is -2.47. The maximum absolute atomic E-state index is 13.0. The third-order valence-electron chi connectivity index (χ3n) is 2.96. The van der Waals surface area contributed by atoms with E-state index in [2.05, 4.69) is 10.6 Å². The number of nitrogens with one attached hydrogen (secondary N) is 2. The lowest BCUT2D eigenvalue weighted by molar-refractivity contribution is 0.0768. The molecule has 1 aliphatic rings. The Labute approximate surface area is 106 Å². The number of rotatable bonds is 5. The molecule has 0 bridgehead atoms. The van der Waals surface area contributed by atoms with Crippen LogP contribution in [0.1, 0.15) is 5.56 Å². The van der Waals surface area contributed by atoms with Crippen molar-refractivity contribution in [2.45, 2.75) is 12.5 Å². The maximum Gasteiger partial charge on any atom is 0.159 e. The summed E-state index contributed by atoms with van der Waals surface area (Å²) in [5, 5.41) is 6.62. The fourth-order valence-corrected chi connectivity index (χ4v) is 1.95. The van der Waals surface area contributed by atoms with E-state index in [1.165, 1.54) is 12.1 Å². The first kappa shape index (κ1) is 13.4. The molecular weight excluding hydrogens is 238 g/mol. The molecule has 0 spiro atoms. The van der Waals surface area contributed by atoms with Crippen LogP contribution in [0.3, 0.4) is 0 Å². The van der Waals surface area contributed by atoms with Crippen LogP contribution in [0, 0.1) is 11.6 Å². The second kappa shape index (κ2) is 6.78. The highest BCUT2D eigenvalue weighted by molar-refractivity contribution is 5.18. The van der Waals surface area contributed by atoms with E-state index >= 15 is 0 Å². The van der Waals surface area contributed by atoms with Gasteiger partial charge < -0.3 is 15.4 Å². The van der Waals surface area contributed by atoms with Crippen LogP contribution in [-0.4, -0.2) is 38.9 Å². The molecule has 1 aromatic carbocycles. The van der Waals surface area contributed by atoms with Crippen LogP contribution in [0.2, 0.25) is 0 Å². The molecule has 0 radical (unpaired) electrons. The van der Waals surface area contributed by atoms with Crippen LogP contribution in [0.5, 0.6) is 0 Å². The highest BCUT2D eigenvalue weighted by Gasteiger charge is 2.11. The zero-order chi connectivity index (χ0) is 12.8. The minimum absolute atomic E-state index is 0.337. The van der Waals surface area contributed by atoms with Gasteiger partial charge in [0.2, 0.25) is 0 Å². The molecule has 0 saturated carbocycles. The molecule has 3 nitrogen and oxygen atoms in total. The Morgan fingerprint density at radius 3 is 2.94 bits per heavy atom. The van der Waals surface area contributed by atoms with E-state index in [-0.39, 0.29) is 0 Å². The summed E-state index contributed by atoms with van der Waals surface area (Å²) in [7, 11) is 0. The molecule has 18 heavy (non-hydrogen) atoms. The summed E-state index contributed by atoms with van der Waals surface area (Å²) in [4.78, 5) is 0. The second-order valence-corrected chi connectivity index (χ2v) is 4.43. The molecule has 100 valence electrons. The first-order chi connectivity index (χ1) is 8.75. The van der Waals surface area contributed by atoms with Crippen LogP contribution in [0.15, 0.2) is 18.2 Å². The molecule has 1 heterocycles. The Morgan fingerprint density at radius 2 is 2.22 bits per heavy atom. The van der Waals surface area contributed by atoms with Crippen molar-refractivity contribution in [3.63, 3.8) is 0 Å². The molecular formula is C13H18F2N2O. The Kier molecular flexibility index (Phi) is 5.04. The zero-order valence-electron chi connectivity index (χ0n) is 10.2. The first-order valence-corrected chi connectivity index (χ1v) is 6.21. The third kappa shape index (κ3) is 4.01. The number of benzene rings is 1. The average Bonchev–Trinajstić information content (AvgIpc) is 2.40. The van der Waals surface area contributed by atoms with Gasteiger partial charge >= 0.3 is 0 Å². The molecule has 1 fully saturated rings. The first-order valence-electron chi connectivity index (χ1n) is 6.21. The monoisotopic (exact) mass is 256 g/mol. The van der Waals surface area contributed by atoms with Crippen molar-refractivity contribution in [1.29, 1.82) is 0 Å². The molecule has 0 amide bonds. The van der Waals surface area contributed by atoms with Gasteiger partial charge in [-0.3, -0.25) is 0 Å². The molecule has 2 rings (SSSR count). The Hall–Kier alpha value is -1.04.